The molecule has 0 bridgehead atoms. The van der Waals surface area contributed by atoms with E-state index in [-0.39, 0.29) is 17.4 Å². The van der Waals surface area contributed by atoms with Crippen molar-refractivity contribution in [1.29, 1.82) is 0 Å². The minimum absolute atomic E-state index is 0.0303. The number of primary amides is 1. The summed E-state index contributed by atoms with van der Waals surface area (Å²) >= 11 is 7.70. The molecule has 3 nitrogen and oxygen atoms in total. The van der Waals surface area contributed by atoms with Crippen LogP contribution in [0, 0.1) is 12.7 Å². The molecule has 2 aromatic rings. The highest BCUT2D eigenvalue weighted by Gasteiger charge is 2.18. The molecule has 0 saturated heterocycles. The molecule has 0 unspecified atom stereocenters. The highest BCUT2D eigenvalue weighted by Crippen LogP contribution is 2.34. The summed E-state index contributed by atoms with van der Waals surface area (Å²) in [6.07, 6.45) is 0.331. The van der Waals surface area contributed by atoms with E-state index in [9.17, 15) is 14.3 Å². The van der Waals surface area contributed by atoms with Gasteiger partial charge in [-0.1, -0.05) is 31.5 Å². The number of phenolic OH excluding ortho intramolecular Hbond substituents is 1. The fourth-order valence-electron chi connectivity index (χ4n) is 2.71. The lowest BCUT2D eigenvalue weighted by atomic mass is 9.94. The summed E-state index contributed by atoms with van der Waals surface area (Å²) in [6, 6.07) is 6.78. The lowest BCUT2D eigenvalue weighted by Crippen LogP contribution is -2.12. The van der Waals surface area contributed by atoms with Gasteiger partial charge in [-0.25, -0.2) is 4.39 Å². The van der Waals surface area contributed by atoms with Gasteiger partial charge in [0.15, 0.2) is 0 Å². The van der Waals surface area contributed by atoms with Crippen molar-refractivity contribution in [3.05, 3.63) is 57.4 Å². The third-order valence-corrected chi connectivity index (χ3v) is 5.29. The second kappa shape index (κ2) is 8.11. The molecule has 2 aromatic carbocycles. The molecule has 0 fully saturated rings. The average Bonchev–Trinajstić information content (AvgIpc) is 2.50. The Kier molecular flexibility index (Phi) is 6.36. The fraction of sp³-hybridized carbons (Fsp3) is 0.316. The van der Waals surface area contributed by atoms with Crippen molar-refractivity contribution in [2.24, 2.45) is 5.73 Å². The van der Waals surface area contributed by atoms with E-state index in [0.717, 1.165) is 16.0 Å². The molecule has 1 amide bonds. The molecule has 2 rings (SSSR count). The van der Waals surface area contributed by atoms with Crippen LogP contribution in [0.15, 0.2) is 29.2 Å². The number of benzene rings is 2. The largest absolute Gasteiger partial charge is 0.508 e. The van der Waals surface area contributed by atoms with Crippen LogP contribution in [0.3, 0.4) is 0 Å². The Bertz CT molecular complexity index is 785. The molecule has 0 aromatic heterocycles. The van der Waals surface area contributed by atoms with Crippen LogP contribution in [0.4, 0.5) is 4.39 Å². The zero-order valence-corrected chi connectivity index (χ0v) is 16.0. The van der Waals surface area contributed by atoms with Gasteiger partial charge >= 0.3 is 0 Å². The van der Waals surface area contributed by atoms with E-state index < -0.39 is 11.7 Å². The van der Waals surface area contributed by atoms with Crippen molar-refractivity contribution in [3.63, 3.8) is 0 Å². The van der Waals surface area contributed by atoms with Crippen molar-refractivity contribution in [3.8, 4) is 5.75 Å². The van der Waals surface area contributed by atoms with E-state index in [0.29, 0.717) is 22.6 Å². The lowest BCUT2D eigenvalue weighted by molar-refractivity contribution is -0.115. The summed E-state index contributed by atoms with van der Waals surface area (Å²) in [4.78, 5) is 11.8. The number of aryl methyl sites for hydroxylation is 1. The molecule has 3 N–H and O–H groups in total. The van der Waals surface area contributed by atoms with E-state index in [4.69, 9.17) is 17.3 Å². The van der Waals surface area contributed by atoms with Crippen LogP contribution < -0.4 is 5.73 Å². The van der Waals surface area contributed by atoms with Crippen LogP contribution in [0.2, 0.25) is 5.02 Å². The summed E-state index contributed by atoms with van der Waals surface area (Å²) in [6.45, 7) is 5.58. The second-order valence-electron chi connectivity index (χ2n) is 6.26. The van der Waals surface area contributed by atoms with Gasteiger partial charge in [0.25, 0.3) is 0 Å². The number of halogens is 2. The van der Waals surface area contributed by atoms with Gasteiger partial charge in [-0.3, -0.25) is 4.79 Å². The molecule has 0 spiro atoms. The molecule has 0 atom stereocenters. The molecular formula is C19H21ClFNO2S. The fourth-order valence-corrected chi connectivity index (χ4v) is 3.88. The Balaban J connectivity index is 2.35. The number of phenols is 1. The van der Waals surface area contributed by atoms with E-state index in [1.54, 1.807) is 12.1 Å². The second-order valence-corrected chi connectivity index (χ2v) is 7.71. The normalized spacial score (nSPS) is 11.1. The van der Waals surface area contributed by atoms with Crippen LogP contribution in [0.25, 0.3) is 0 Å². The monoisotopic (exact) mass is 381 g/mol. The average molecular weight is 382 g/mol. The highest BCUT2D eigenvalue weighted by molar-refractivity contribution is 8.00. The van der Waals surface area contributed by atoms with E-state index in [1.165, 1.54) is 17.8 Å². The number of thioether (sulfide) groups is 1. The Morgan fingerprint density at radius 2 is 2.04 bits per heavy atom. The van der Waals surface area contributed by atoms with Crippen molar-refractivity contribution in [2.45, 2.75) is 38.0 Å². The van der Waals surface area contributed by atoms with Gasteiger partial charge in [0, 0.05) is 21.9 Å². The molecule has 0 radical (unpaired) electrons. The maximum absolute atomic E-state index is 14.8. The van der Waals surface area contributed by atoms with Crippen LogP contribution in [-0.4, -0.2) is 16.8 Å². The predicted octanol–water partition coefficient (Wildman–Crippen LogP) is 4.78. The Labute approximate surface area is 156 Å². The molecule has 0 aliphatic carbocycles. The molecule has 6 heteroatoms. The summed E-state index contributed by atoms with van der Waals surface area (Å²) in [7, 11) is 0. The summed E-state index contributed by atoms with van der Waals surface area (Å²) < 4.78 is 14.8. The summed E-state index contributed by atoms with van der Waals surface area (Å²) in [5.41, 5.74) is 7.71. The standard InChI is InChI=1S/C19H21ClFNO2S/c1-10(2)18-16(23)5-4-12(19(18)21)7-14-11(3)6-13(8-15(14)20)25-9-17(22)24/h4-6,8,10,23H,7,9H2,1-3H3,(H2,22,24). The smallest absolute Gasteiger partial charge is 0.227 e. The zero-order chi connectivity index (χ0) is 18.7. The third kappa shape index (κ3) is 4.67. The minimum atomic E-state index is -0.393. The summed E-state index contributed by atoms with van der Waals surface area (Å²) in [5, 5.41) is 10.4. The van der Waals surface area contributed by atoms with E-state index in [2.05, 4.69) is 0 Å². The van der Waals surface area contributed by atoms with Crippen LogP contribution >= 0.6 is 23.4 Å². The first-order chi connectivity index (χ1) is 11.7. The Morgan fingerprint density at radius 3 is 2.60 bits per heavy atom. The number of amides is 1. The molecule has 0 aliphatic heterocycles. The number of aromatic hydroxyl groups is 1. The van der Waals surface area contributed by atoms with Gasteiger partial charge in [-0.15, -0.1) is 11.8 Å². The molecule has 134 valence electrons. The first kappa shape index (κ1) is 19.6. The highest BCUT2D eigenvalue weighted by atomic mass is 35.5. The van der Waals surface area contributed by atoms with Gasteiger partial charge in [0.1, 0.15) is 11.6 Å². The van der Waals surface area contributed by atoms with Gasteiger partial charge in [0.05, 0.1) is 5.75 Å². The van der Waals surface area contributed by atoms with Crippen molar-refractivity contribution in [2.75, 3.05) is 5.75 Å². The molecule has 0 heterocycles. The quantitative estimate of drug-likeness (QED) is 0.707. The first-order valence-electron chi connectivity index (χ1n) is 7.91. The molecule has 25 heavy (non-hydrogen) atoms. The van der Waals surface area contributed by atoms with Crippen molar-refractivity contribution in [1.82, 2.24) is 0 Å². The van der Waals surface area contributed by atoms with Crippen molar-refractivity contribution < 1.29 is 14.3 Å². The lowest BCUT2D eigenvalue weighted by Gasteiger charge is -2.15. The number of rotatable bonds is 6. The van der Waals surface area contributed by atoms with Gasteiger partial charge < -0.3 is 10.8 Å². The third-order valence-electron chi connectivity index (χ3n) is 3.95. The molecule has 0 saturated carbocycles. The van der Waals surface area contributed by atoms with Gasteiger partial charge in [-0.05, 0) is 47.7 Å². The van der Waals surface area contributed by atoms with Gasteiger partial charge in [0.2, 0.25) is 5.91 Å². The maximum atomic E-state index is 14.8. The van der Waals surface area contributed by atoms with E-state index in [1.807, 2.05) is 26.8 Å². The van der Waals surface area contributed by atoms with Crippen molar-refractivity contribution >= 4 is 29.3 Å². The van der Waals surface area contributed by atoms with Crippen LogP contribution in [0.1, 0.15) is 42.0 Å². The predicted molar refractivity (Wildman–Crippen MR) is 101 cm³/mol. The first-order valence-corrected chi connectivity index (χ1v) is 9.27. The summed E-state index contributed by atoms with van der Waals surface area (Å²) in [5.74, 6) is -0.756. The number of carbonyl (C=O) groups excluding carboxylic acids is 1. The topological polar surface area (TPSA) is 63.3 Å². The number of hydrogen-bond acceptors (Lipinski definition) is 3. The molecule has 0 aliphatic rings. The Hall–Kier alpha value is -1.72. The van der Waals surface area contributed by atoms with Crippen LogP contribution in [-0.2, 0) is 11.2 Å². The number of hydrogen-bond donors (Lipinski definition) is 2. The van der Waals surface area contributed by atoms with Crippen LogP contribution in [0.5, 0.6) is 5.75 Å². The maximum Gasteiger partial charge on any atom is 0.227 e. The Morgan fingerprint density at radius 1 is 1.36 bits per heavy atom. The SMILES string of the molecule is Cc1cc(SCC(N)=O)cc(Cl)c1Cc1ccc(O)c(C(C)C)c1F. The zero-order valence-electron chi connectivity index (χ0n) is 14.4. The number of carbonyl (C=O) groups is 1. The molecular weight excluding hydrogens is 361 g/mol. The van der Waals surface area contributed by atoms with E-state index >= 15 is 0 Å². The van der Waals surface area contributed by atoms with Gasteiger partial charge in [-0.2, -0.15) is 0 Å². The number of nitrogens with two attached hydrogens (primary N) is 1. The minimum Gasteiger partial charge on any atom is -0.508 e.